The molecule has 6 heteroatoms. The second kappa shape index (κ2) is 8.00. The van der Waals surface area contributed by atoms with E-state index in [0.717, 1.165) is 24.0 Å². The first kappa shape index (κ1) is 19.9. The van der Waals surface area contributed by atoms with Gasteiger partial charge in [-0.2, -0.15) is 0 Å². The van der Waals surface area contributed by atoms with Crippen LogP contribution in [-0.2, 0) is 11.2 Å². The van der Waals surface area contributed by atoms with Crippen LogP contribution in [0.4, 0.5) is 10.5 Å². The standard InChI is InChI=1S/C22H26N2O4/c1-22(2,3)28-21(25)23-18(12-13-20(23)17-9-5-4-6-10-17)14-16-8-7-11-19(15-16)24(26)27/h4-11,15,18,20H,12-14H2,1-3H3. The van der Waals surface area contributed by atoms with Crippen molar-refractivity contribution in [2.45, 2.75) is 57.7 Å². The number of nitro benzene ring substituents is 1. The van der Waals surface area contributed by atoms with Gasteiger partial charge in [0.15, 0.2) is 0 Å². The molecule has 0 bridgehead atoms. The van der Waals surface area contributed by atoms with Gasteiger partial charge in [0.25, 0.3) is 5.69 Å². The highest BCUT2D eigenvalue weighted by atomic mass is 16.6. The summed E-state index contributed by atoms with van der Waals surface area (Å²) >= 11 is 0. The van der Waals surface area contributed by atoms with Crippen molar-refractivity contribution in [2.75, 3.05) is 0 Å². The number of hydrogen-bond acceptors (Lipinski definition) is 4. The lowest BCUT2D eigenvalue weighted by atomic mass is 10.0. The van der Waals surface area contributed by atoms with E-state index in [4.69, 9.17) is 4.74 Å². The van der Waals surface area contributed by atoms with Gasteiger partial charge in [0.2, 0.25) is 0 Å². The third-order valence-corrected chi connectivity index (χ3v) is 4.88. The molecular formula is C22H26N2O4. The van der Waals surface area contributed by atoms with Gasteiger partial charge in [-0.05, 0) is 51.2 Å². The Labute approximate surface area is 165 Å². The van der Waals surface area contributed by atoms with Crippen LogP contribution in [0.15, 0.2) is 54.6 Å². The predicted molar refractivity (Wildman–Crippen MR) is 107 cm³/mol. The number of nitrogens with zero attached hydrogens (tertiary/aromatic N) is 2. The summed E-state index contributed by atoms with van der Waals surface area (Å²) in [5.74, 6) is 0. The Balaban J connectivity index is 1.87. The lowest BCUT2D eigenvalue weighted by molar-refractivity contribution is -0.384. The average Bonchev–Trinajstić information content (AvgIpc) is 3.05. The first-order valence-electron chi connectivity index (χ1n) is 9.54. The van der Waals surface area contributed by atoms with E-state index in [9.17, 15) is 14.9 Å². The fourth-order valence-electron chi connectivity index (χ4n) is 3.75. The molecule has 2 aromatic carbocycles. The fourth-order valence-corrected chi connectivity index (χ4v) is 3.75. The number of likely N-dealkylation sites (tertiary alicyclic amines) is 1. The highest BCUT2D eigenvalue weighted by Gasteiger charge is 2.40. The van der Waals surface area contributed by atoms with Crippen LogP contribution >= 0.6 is 0 Å². The molecule has 1 aliphatic heterocycles. The molecule has 3 rings (SSSR count). The zero-order valence-corrected chi connectivity index (χ0v) is 16.5. The summed E-state index contributed by atoms with van der Waals surface area (Å²) in [6.07, 6.45) is 1.88. The van der Waals surface area contributed by atoms with Crippen molar-refractivity contribution in [1.29, 1.82) is 0 Å². The zero-order valence-electron chi connectivity index (χ0n) is 16.5. The number of nitro groups is 1. The summed E-state index contributed by atoms with van der Waals surface area (Å²) in [6, 6.07) is 16.5. The van der Waals surface area contributed by atoms with E-state index in [-0.39, 0.29) is 23.9 Å². The van der Waals surface area contributed by atoms with Gasteiger partial charge >= 0.3 is 6.09 Å². The van der Waals surface area contributed by atoms with E-state index in [1.807, 2.05) is 62.1 Å². The van der Waals surface area contributed by atoms with Gasteiger partial charge in [-0.15, -0.1) is 0 Å². The number of carbonyl (C=O) groups is 1. The summed E-state index contributed by atoms with van der Waals surface area (Å²) in [5, 5.41) is 11.1. The molecule has 148 valence electrons. The van der Waals surface area contributed by atoms with Gasteiger partial charge in [0, 0.05) is 18.2 Å². The minimum Gasteiger partial charge on any atom is -0.444 e. The lowest BCUT2D eigenvalue weighted by Crippen LogP contribution is -2.42. The fraction of sp³-hybridized carbons (Fsp3) is 0.409. The van der Waals surface area contributed by atoms with E-state index < -0.39 is 10.5 Å². The third kappa shape index (κ3) is 4.68. The lowest BCUT2D eigenvalue weighted by Gasteiger charge is -2.33. The van der Waals surface area contributed by atoms with Gasteiger partial charge in [0.1, 0.15) is 5.60 Å². The Morgan fingerprint density at radius 3 is 2.50 bits per heavy atom. The second-order valence-electron chi connectivity index (χ2n) is 8.18. The molecule has 2 atom stereocenters. The van der Waals surface area contributed by atoms with E-state index in [2.05, 4.69) is 0 Å². The highest BCUT2D eigenvalue weighted by Crippen LogP contribution is 2.38. The topological polar surface area (TPSA) is 72.7 Å². The summed E-state index contributed by atoms with van der Waals surface area (Å²) in [6.45, 7) is 5.57. The Bertz CT molecular complexity index is 845. The molecule has 2 unspecified atom stereocenters. The molecule has 0 saturated carbocycles. The largest absolute Gasteiger partial charge is 0.444 e. The van der Waals surface area contributed by atoms with Crippen LogP contribution in [0.1, 0.15) is 50.8 Å². The Morgan fingerprint density at radius 2 is 1.86 bits per heavy atom. The van der Waals surface area contributed by atoms with Crippen molar-refractivity contribution in [3.8, 4) is 0 Å². The number of non-ortho nitro benzene ring substituents is 1. The minimum atomic E-state index is -0.586. The first-order valence-corrected chi connectivity index (χ1v) is 9.54. The maximum absolute atomic E-state index is 13.0. The van der Waals surface area contributed by atoms with Gasteiger partial charge in [0.05, 0.1) is 11.0 Å². The Morgan fingerprint density at radius 1 is 1.14 bits per heavy atom. The monoisotopic (exact) mass is 382 g/mol. The van der Waals surface area contributed by atoms with Gasteiger partial charge in [-0.3, -0.25) is 15.0 Å². The molecule has 0 aromatic heterocycles. The van der Waals surface area contributed by atoms with E-state index in [0.29, 0.717) is 6.42 Å². The van der Waals surface area contributed by atoms with Crippen molar-refractivity contribution in [3.63, 3.8) is 0 Å². The van der Waals surface area contributed by atoms with Crippen molar-refractivity contribution in [3.05, 3.63) is 75.8 Å². The van der Waals surface area contributed by atoms with Crippen LogP contribution in [0.2, 0.25) is 0 Å². The predicted octanol–water partition coefficient (Wildman–Crippen LogP) is 5.28. The Kier molecular flexibility index (Phi) is 5.68. The third-order valence-electron chi connectivity index (χ3n) is 4.88. The molecule has 0 radical (unpaired) electrons. The SMILES string of the molecule is CC(C)(C)OC(=O)N1C(Cc2cccc([N+](=O)[O-])c2)CCC1c1ccccc1. The van der Waals surface area contributed by atoms with Gasteiger partial charge in [-0.1, -0.05) is 42.5 Å². The average molecular weight is 382 g/mol. The molecule has 1 saturated heterocycles. The number of carbonyl (C=O) groups excluding carboxylic acids is 1. The number of amides is 1. The number of ether oxygens (including phenoxy) is 1. The Hall–Kier alpha value is -2.89. The minimum absolute atomic E-state index is 0.0558. The van der Waals surface area contributed by atoms with E-state index >= 15 is 0 Å². The molecule has 28 heavy (non-hydrogen) atoms. The number of hydrogen-bond donors (Lipinski definition) is 0. The van der Waals surface area contributed by atoms with Crippen molar-refractivity contribution in [1.82, 2.24) is 4.90 Å². The van der Waals surface area contributed by atoms with E-state index in [1.165, 1.54) is 6.07 Å². The zero-order chi connectivity index (χ0) is 20.3. The maximum atomic E-state index is 13.0. The molecule has 1 aliphatic rings. The molecule has 1 fully saturated rings. The quantitative estimate of drug-likeness (QED) is 0.533. The smallest absolute Gasteiger partial charge is 0.411 e. The molecule has 0 spiro atoms. The van der Waals surface area contributed by atoms with Gasteiger partial charge in [-0.25, -0.2) is 4.79 Å². The summed E-state index contributed by atoms with van der Waals surface area (Å²) in [7, 11) is 0. The molecule has 0 aliphatic carbocycles. The number of benzene rings is 2. The van der Waals surface area contributed by atoms with Gasteiger partial charge < -0.3 is 4.74 Å². The maximum Gasteiger partial charge on any atom is 0.411 e. The number of rotatable bonds is 4. The molecule has 1 amide bonds. The van der Waals surface area contributed by atoms with Crippen LogP contribution in [0.25, 0.3) is 0 Å². The summed E-state index contributed by atoms with van der Waals surface area (Å²) in [4.78, 5) is 25.5. The first-order chi connectivity index (χ1) is 13.2. The van der Waals surface area contributed by atoms with E-state index in [1.54, 1.807) is 12.1 Å². The van der Waals surface area contributed by atoms with Crippen LogP contribution in [0, 0.1) is 10.1 Å². The molecule has 0 N–H and O–H groups in total. The summed E-state index contributed by atoms with van der Waals surface area (Å²) in [5.41, 5.74) is 1.41. The molecule has 6 nitrogen and oxygen atoms in total. The van der Waals surface area contributed by atoms with Crippen molar-refractivity contribution < 1.29 is 14.5 Å². The molecule has 1 heterocycles. The normalized spacial score (nSPS) is 19.5. The van der Waals surface area contributed by atoms with Crippen LogP contribution < -0.4 is 0 Å². The van der Waals surface area contributed by atoms with Crippen LogP contribution in [-0.4, -0.2) is 27.6 Å². The molecular weight excluding hydrogens is 356 g/mol. The highest BCUT2D eigenvalue weighted by molar-refractivity contribution is 5.70. The molecule has 2 aromatic rings. The van der Waals surface area contributed by atoms with Crippen molar-refractivity contribution >= 4 is 11.8 Å². The van der Waals surface area contributed by atoms with Crippen LogP contribution in [0.3, 0.4) is 0 Å². The second-order valence-corrected chi connectivity index (χ2v) is 8.18. The van der Waals surface area contributed by atoms with Crippen molar-refractivity contribution in [2.24, 2.45) is 0 Å². The summed E-state index contributed by atoms with van der Waals surface area (Å²) < 4.78 is 5.68. The van der Waals surface area contributed by atoms with Crippen LogP contribution in [0.5, 0.6) is 0 Å².